The SMILES string of the molecule is NC1CC(COc2ccc3c(c2)OCO3)NN1. The number of hydrogen-bond acceptors (Lipinski definition) is 6. The summed E-state index contributed by atoms with van der Waals surface area (Å²) in [6.45, 7) is 0.849. The zero-order chi connectivity index (χ0) is 11.7. The van der Waals surface area contributed by atoms with Crippen molar-refractivity contribution in [3.63, 3.8) is 0 Å². The Balaban J connectivity index is 1.58. The summed E-state index contributed by atoms with van der Waals surface area (Å²) in [6, 6.07) is 5.79. The van der Waals surface area contributed by atoms with Crippen LogP contribution in [0.15, 0.2) is 18.2 Å². The molecule has 0 aromatic heterocycles. The summed E-state index contributed by atoms with van der Waals surface area (Å²) in [5.74, 6) is 2.27. The highest BCUT2D eigenvalue weighted by Gasteiger charge is 2.21. The third kappa shape index (κ3) is 2.28. The lowest BCUT2D eigenvalue weighted by Crippen LogP contribution is -2.38. The zero-order valence-corrected chi connectivity index (χ0v) is 9.31. The van der Waals surface area contributed by atoms with Crippen LogP contribution in [-0.2, 0) is 0 Å². The topological polar surface area (TPSA) is 77.8 Å². The van der Waals surface area contributed by atoms with Crippen molar-refractivity contribution in [2.24, 2.45) is 5.73 Å². The summed E-state index contributed by atoms with van der Waals surface area (Å²) in [5, 5.41) is 0. The molecule has 2 aliphatic rings. The first-order valence-corrected chi connectivity index (χ1v) is 5.60. The highest BCUT2D eigenvalue weighted by atomic mass is 16.7. The van der Waals surface area contributed by atoms with Gasteiger partial charge in [0.15, 0.2) is 11.5 Å². The third-order valence-corrected chi connectivity index (χ3v) is 2.81. The van der Waals surface area contributed by atoms with E-state index in [0.717, 1.165) is 23.7 Å². The molecule has 3 rings (SSSR count). The van der Waals surface area contributed by atoms with E-state index < -0.39 is 0 Å². The Hall–Kier alpha value is -1.50. The number of fused-ring (bicyclic) bond motifs is 1. The molecule has 6 nitrogen and oxygen atoms in total. The summed E-state index contributed by atoms with van der Waals surface area (Å²) >= 11 is 0. The highest BCUT2D eigenvalue weighted by Crippen LogP contribution is 2.35. The van der Waals surface area contributed by atoms with E-state index in [4.69, 9.17) is 19.9 Å². The molecule has 4 N–H and O–H groups in total. The first-order chi connectivity index (χ1) is 8.31. The van der Waals surface area contributed by atoms with Crippen LogP contribution in [0.4, 0.5) is 0 Å². The van der Waals surface area contributed by atoms with E-state index in [2.05, 4.69) is 10.9 Å². The lowest BCUT2D eigenvalue weighted by Gasteiger charge is -2.11. The Morgan fingerprint density at radius 3 is 3.00 bits per heavy atom. The van der Waals surface area contributed by atoms with Gasteiger partial charge in [0.2, 0.25) is 6.79 Å². The molecule has 1 aromatic rings. The number of hydrogen-bond donors (Lipinski definition) is 3. The normalized spacial score (nSPS) is 26.2. The molecule has 1 aromatic carbocycles. The number of ether oxygens (including phenoxy) is 3. The fraction of sp³-hybridized carbons (Fsp3) is 0.455. The van der Waals surface area contributed by atoms with Crippen molar-refractivity contribution >= 4 is 0 Å². The van der Waals surface area contributed by atoms with Crippen molar-refractivity contribution in [3.8, 4) is 17.2 Å². The number of nitrogens with one attached hydrogen (secondary N) is 2. The van der Waals surface area contributed by atoms with Crippen LogP contribution in [0.2, 0.25) is 0 Å². The van der Waals surface area contributed by atoms with E-state index in [1.165, 1.54) is 0 Å². The predicted molar refractivity (Wildman–Crippen MR) is 60.7 cm³/mol. The maximum absolute atomic E-state index is 5.70. The van der Waals surface area contributed by atoms with Gasteiger partial charge in [0.1, 0.15) is 12.4 Å². The fourth-order valence-corrected chi connectivity index (χ4v) is 1.92. The molecule has 0 radical (unpaired) electrons. The van der Waals surface area contributed by atoms with E-state index >= 15 is 0 Å². The molecule has 0 aliphatic carbocycles. The monoisotopic (exact) mass is 237 g/mol. The lowest BCUT2D eigenvalue weighted by molar-refractivity contribution is 0.173. The average molecular weight is 237 g/mol. The predicted octanol–water partition coefficient (Wildman–Crippen LogP) is -0.0546. The molecule has 17 heavy (non-hydrogen) atoms. The second kappa shape index (κ2) is 4.40. The van der Waals surface area contributed by atoms with Crippen molar-refractivity contribution in [2.75, 3.05) is 13.4 Å². The smallest absolute Gasteiger partial charge is 0.231 e. The molecule has 2 atom stereocenters. The fourth-order valence-electron chi connectivity index (χ4n) is 1.92. The van der Waals surface area contributed by atoms with Crippen LogP contribution in [0.3, 0.4) is 0 Å². The quantitative estimate of drug-likeness (QED) is 0.684. The van der Waals surface area contributed by atoms with Gasteiger partial charge in [0, 0.05) is 6.07 Å². The Morgan fingerprint density at radius 1 is 1.29 bits per heavy atom. The van der Waals surface area contributed by atoms with Crippen LogP contribution in [0.25, 0.3) is 0 Å². The second-order valence-electron chi connectivity index (χ2n) is 4.15. The van der Waals surface area contributed by atoms with Gasteiger partial charge >= 0.3 is 0 Å². The number of benzene rings is 1. The molecule has 2 aliphatic heterocycles. The van der Waals surface area contributed by atoms with E-state index in [0.29, 0.717) is 6.61 Å². The Bertz CT molecular complexity index is 413. The maximum Gasteiger partial charge on any atom is 0.231 e. The molecule has 2 heterocycles. The van der Waals surface area contributed by atoms with Crippen molar-refractivity contribution in [1.29, 1.82) is 0 Å². The summed E-state index contributed by atoms with van der Waals surface area (Å²) in [5.41, 5.74) is 11.7. The van der Waals surface area contributed by atoms with E-state index in [1.807, 2.05) is 18.2 Å². The van der Waals surface area contributed by atoms with Crippen molar-refractivity contribution in [1.82, 2.24) is 10.9 Å². The molecular weight excluding hydrogens is 222 g/mol. The average Bonchev–Trinajstić information content (AvgIpc) is 2.94. The van der Waals surface area contributed by atoms with Gasteiger partial charge in [0.05, 0.1) is 12.2 Å². The van der Waals surface area contributed by atoms with Crippen LogP contribution < -0.4 is 30.8 Å². The van der Waals surface area contributed by atoms with Gasteiger partial charge in [-0.3, -0.25) is 0 Å². The summed E-state index contributed by atoms with van der Waals surface area (Å²) < 4.78 is 16.2. The minimum atomic E-state index is 0.000328. The van der Waals surface area contributed by atoms with E-state index in [1.54, 1.807) is 0 Å². The molecule has 0 amide bonds. The van der Waals surface area contributed by atoms with Crippen LogP contribution >= 0.6 is 0 Å². The van der Waals surface area contributed by atoms with E-state index in [-0.39, 0.29) is 19.0 Å². The van der Waals surface area contributed by atoms with E-state index in [9.17, 15) is 0 Å². The molecule has 1 saturated heterocycles. The number of nitrogens with two attached hydrogens (primary N) is 1. The molecule has 6 heteroatoms. The van der Waals surface area contributed by atoms with Gasteiger partial charge in [-0.25, -0.2) is 10.9 Å². The standard InChI is InChI=1S/C11H15N3O3/c12-11-3-7(13-14-11)5-15-8-1-2-9-10(4-8)17-6-16-9/h1-2,4,7,11,13-14H,3,5-6,12H2. The molecular formula is C11H15N3O3. The maximum atomic E-state index is 5.70. The zero-order valence-electron chi connectivity index (χ0n) is 9.31. The van der Waals surface area contributed by atoms with Crippen LogP contribution in [0.5, 0.6) is 17.2 Å². The lowest BCUT2D eigenvalue weighted by atomic mass is 10.2. The Kier molecular flexibility index (Phi) is 2.76. The van der Waals surface area contributed by atoms with Crippen molar-refractivity contribution < 1.29 is 14.2 Å². The van der Waals surface area contributed by atoms with Gasteiger partial charge in [-0.1, -0.05) is 0 Å². The number of rotatable bonds is 3. The summed E-state index contributed by atoms with van der Waals surface area (Å²) in [4.78, 5) is 0. The Labute approximate surface area is 99.0 Å². The second-order valence-corrected chi connectivity index (χ2v) is 4.15. The van der Waals surface area contributed by atoms with Gasteiger partial charge < -0.3 is 19.9 Å². The summed E-state index contributed by atoms with van der Waals surface area (Å²) in [6.07, 6.45) is 0.852. The number of hydrazine groups is 1. The van der Waals surface area contributed by atoms with Gasteiger partial charge in [0.25, 0.3) is 0 Å². The van der Waals surface area contributed by atoms with Crippen molar-refractivity contribution in [2.45, 2.75) is 18.6 Å². The molecule has 92 valence electrons. The molecule has 0 saturated carbocycles. The van der Waals surface area contributed by atoms with Crippen molar-refractivity contribution in [3.05, 3.63) is 18.2 Å². The molecule has 0 spiro atoms. The molecule has 0 bridgehead atoms. The largest absolute Gasteiger partial charge is 0.492 e. The molecule has 2 unspecified atom stereocenters. The van der Waals surface area contributed by atoms with Crippen LogP contribution in [0.1, 0.15) is 6.42 Å². The summed E-state index contributed by atoms with van der Waals surface area (Å²) in [7, 11) is 0. The van der Waals surface area contributed by atoms with Gasteiger partial charge in [-0.05, 0) is 18.6 Å². The van der Waals surface area contributed by atoms with Crippen LogP contribution in [0, 0.1) is 0 Å². The van der Waals surface area contributed by atoms with Crippen LogP contribution in [-0.4, -0.2) is 25.6 Å². The van der Waals surface area contributed by atoms with Gasteiger partial charge in [-0.15, -0.1) is 0 Å². The molecule has 1 fully saturated rings. The highest BCUT2D eigenvalue weighted by molar-refractivity contribution is 5.46. The first kappa shape index (κ1) is 10.6. The Morgan fingerprint density at radius 2 is 2.18 bits per heavy atom. The third-order valence-electron chi connectivity index (χ3n) is 2.81. The minimum absolute atomic E-state index is 0.000328. The van der Waals surface area contributed by atoms with Gasteiger partial charge in [-0.2, -0.15) is 0 Å². The first-order valence-electron chi connectivity index (χ1n) is 5.60. The minimum Gasteiger partial charge on any atom is -0.492 e.